The highest BCUT2D eigenvalue weighted by atomic mass is 16.3. The maximum Gasteiger partial charge on any atom is 0.226 e. The highest BCUT2D eigenvalue weighted by molar-refractivity contribution is 5.52. The molecule has 0 saturated carbocycles. The first kappa shape index (κ1) is 13.3. The Labute approximate surface area is 118 Å². The number of aromatic nitrogens is 1. The van der Waals surface area contributed by atoms with Gasteiger partial charge in [0.25, 0.3) is 0 Å². The minimum atomic E-state index is -0.250. The van der Waals surface area contributed by atoms with Gasteiger partial charge >= 0.3 is 0 Å². The molecule has 20 heavy (non-hydrogen) atoms. The summed E-state index contributed by atoms with van der Waals surface area (Å²) in [5.74, 6) is 0.917. The monoisotopic (exact) mass is 273 g/mol. The molecular formula is C15H19N3O2. The molecule has 1 aromatic heterocycles. The largest absolute Gasteiger partial charge is 0.444 e. The first-order valence-electron chi connectivity index (χ1n) is 6.92. The predicted molar refractivity (Wildman–Crippen MR) is 76.0 cm³/mol. The third-order valence-corrected chi connectivity index (χ3v) is 3.59. The Morgan fingerprint density at radius 2 is 2.15 bits per heavy atom. The number of aliphatic hydroxyl groups is 1. The number of rotatable bonds is 5. The van der Waals surface area contributed by atoms with Crippen LogP contribution < -0.4 is 10.6 Å². The summed E-state index contributed by atoms with van der Waals surface area (Å²) in [6.45, 7) is 2.98. The van der Waals surface area contributed by atoms with E-state index in [0.717, 1.165) is 24.3 Å². The summed E-state index contributed by atoms with van der Waals surface area (Å²) in [4.78, 5) is 4.46. The summed E-state index contributed by atoms with van der Waals surface area (Å²) in [7, 11) is 0. The van der Waals surface area contributed by atoms with Crippen LogP contribution in [-0.2, 0) is 6.54 Å². The summed E-state index contributed by atoms with van der Waals surface area (Å²) < 4.78 is 5.48. The van der Waals surface area contributed by atoms with Gasteiger partial charge in [-0.15, -0.1) is 0 Å². The van der Waals surface area contributed by atoms with E-state index < -0.39 is 0 Å². The van der Waals surface area contributed by atoms with Crippen LogP contribution >= 0.6 is 0 Å². The van der Waals surface area contributed by atoms with E-state index in [9.17, 15) is 5.11 Å². The summed E-state index contributed by atoms with van der Waals surface area (Å²) in [5.41, 5.74) is 1.86. The normalized spacial score (nSPS) is 22.2. The van der Waals surface area contributed by atoms with Gasteiger partial charge in [0.05, 0.1) is 11.8 Å². The van der Waals surface area contributed by atoms with Crippen molar-refractivity contribution in [2.24, 2.45) is 5.92 Å². The highest BCUT2D eigenvalue weighted by Crippen LogP contribution is 2.17. The zero-order valence-corrected chi connectivity index (χ0v) is 11.2. The van der Waals surface area contributed by atoms with Crippen LogP contribution in [0.3, 0.4) is 0 Å². The predicted octanol–water partition coefficient (Wildman–Crippen LogP) is 1.01. The Bertz CT molecular complexity index is 541. The first-order valence-corrected chi connectivity index (χ1v) is 6.92. The molecule has 1 aliphatic rings. The van der Waals surface area contributed by atoms with Crippen LogP contribution in [0.15, 0.2) is 41.0 Å². The smallest absolute Gasteiger partial charge is 0.226 e. The first-order chi connectivity index (χ1) is 9.83. The van der Waals surface area contributed by atoms with Crippen molar-refractivity contribution in [3.63, 3.8) is 0 Å². The van der Waals surface area contributed by atoms with Crippen molar-refractivity contribution in [3.05, 3.63) is 42.3 Å². The van der Waals surface area contributed by atoms with Gasteiger partial charge in [-0.1, -0.05) is 18.2 Å². The average molecular weight is 273 g/mol. The summed E-state index contributed by atoms with van der Waals surface area (Å²) in [5, 5.41) is 16.2. The maximum atomic E-state index is 9.70. The molecule has 1 aliphatic heterocycles. The second kappa shape index (κ2) is 6.17. The number of hydrogen-bond donors (Lipinski definition) is 3. The molecule has 0 spiro atoms. The number of nitrogens with zero attached hydrogens (tertiary/aromatic N) is 1. The molecule has 0 radical (unpaired) electrons. The summed E-state index contributed by atoms with van der Waals surface area (Å²) in [6, 6.07) is 9.85. The van der Waals surface area contributed by atoms with E-state index in [-0.39, 0.29) is 12.0 Å². The molecule has 3 N–H and O–H groups in total. The Kier molecular flexibility index (Phi) is 4.11. The van der Waals surface area contributed by atoms with E-state index in [1.165, 1.54) is 0 Å². The van der Waals surface area contributed by atoms with Gasteiger partial charge < -0.3 is 20.2 Å². The van der Waals surface area contributed by atoms with Gasteiger partial charge in [0.2, 0.25) is 5.89 Å². The van der Waals surface area contributed by atoms with Gasteiger partial charge in [0, 0.05) is 37.7 Å². The van der Waals surface area contributed by atoms with Crippen molar-refractivity contribution in [1.29, 1.82) is 0 Å². The minimum absolute atomic E-state index is 0.250. The molecule has 106 valence electrons. The number of aliphatic hydroxyl groups excluding tert-OH is 1. The third kappa shape index (κ3) is 3.07. The van der Waals surface area contributed by atoms with Gasteiger partial charge in [-0.3, -0.25) is 0 Å². The second-order valence-corrected chi connectivity index (χ2v) is 5.13. The van der Waals surface area contributed by atoms with Crippen LogP contribution in [0.5, 0.6) is 0 Å². The standard InChI is InChI=1S/C15H19N3O2/c19-14-9-17-7-12(14)6-16-8-13-10-20-15(18-13)11-4-2-1-3-5-11/h1-5,10,12,14,16-17,19H,6-9H2. The zero-order chi connectivity index (χ0) is 13.8. The number of nitrogens with one attached hydrogen (secondary N) is 2. The Hall–Kier alpha value is -1.69. The molecule has 1 saturated heterocycles. The molecule has 2 aromatic rings. The highest BCUT2D eigenvalue weighted by Gasteiger charge is 2.24. The SMILES string of the molecule is OC1CNCC1CNCc1coc(-c2ccccc2)n1. The van der Waals surface area contributed by atoms with Crippen molar-refractivity contribution in [3.8, 4) is 11.5 Å². The maximum absolute atomic E-state index is 9.70. The number of benzene rings is 1. The van der Waals surface area contributed by atoms with Crippen molar-refractivity contribution < 1.29 is 9.52 Å². The van der Waals surface area contributed by atoms with Gasteiger partial charge in [-0.2, -0.15) is 0 Å². The van der Waals surface area contributed by atoms with Gasteiger partial charge in [0.1, 0.15) is 6.26 Å². The van der Waals surface area contributed by atoms with E-state index in [0.29, 0.717) is 19.0 Å². The third-order valence-electron chi connectivity index (χ3n) is 3.59. The van der Waals surface area contributed by atoms with Gasteiger partial charge in [-0.05, 0) is 12.1 Å². The Balaban J connectivity index is 1.53. The van der Waals surface area contributed by atoms with E-state index in [4.69, 9.17) is 4.42 Å². The molecule has 1 fully saturated rings. The second-order valence-electron chi connectivity index (χ2n) is 5.13. The van der Waals surface area contributed by atoms with E-state index in [1.807, 2.05) is 30.3 Å². The van der Waals surface area contributed by atoms with E-state index in [2.05, 4.69) is 15.6 Å². The summed E-state index contributed by atoms with van der Waals surface area (Å²) >= 11 is 0. The fourth-order valence-electron chi connectivity index (χ4n) is 2.41. The van der Waals surface area contributed by atoms with Crippen LogP contribution in [-0.4, -0.2) is 35.8 Å². The molecular weight excluding hydrogens is 254 g/mol. The van der Waals surface area contributed by atoms with Gasteiger partial charge in [0.15, 0.2) is 0 Å². The Morgan fingerprint density at radius 1 is 1.30 bits per heavy atom. The molecule has 2 atom stereocenters. The van der Waals surface area contributed by atoms with Crippen LogP contribution in [0, 0.1) is 5.92 Å². The molecule has 1 aromatic carbocycles. The Morgan fingerprint density at radius 3 is 2.90 bits per heavy atom. The van der Waals surface area contributed by atoms with Crippen molar-refractivity contribution in [2.45, 2.75) is 12.6 Å². The lowest BCUT2D eigenvalue weighted by Crippen LogP contribution is -2.30. The molecule has 0 amide bonds. The lowest BCUT2D eigenvalue weighted by Gasteiger charge is -2.13. The fourth-order valence-corrected chi connectivity index (χ4v) is 2.41. The van der Waals surface area contributed by atoms with Crippen molar-refractivity contribution in [2.75, 3.05) is 19.6 Å². The van der Waals surface area contributed by atoms with Crippen molar-refractivity contribution >= 4 is 0 Å². The molecule has 5 heteroatoms. The number of β-amino-alcohol motifs (C(OH)–C–C–N with tert-alkyl or cyclic N) is 1. The quantitative estimate of drug-likeness (QED) is 0.758. The minimum Gasteiger partial charge on any atom is -0.444 e. The van der Waals surface area contributed by atoms with E-state index >= 15 is 0 Å². The zero-order valence-electron chi connectivity index (χ0n) is 11.2. The molecule has 3 rings (SSSR count). The average Bonchev–Trinajstić information content (AvgIpc) is 3.10. The number of oxazole rings is 1. The lowest BCUT2D eigenvalue weighted by molar-refractivity contribution is 0.146. The molecule has 2 heterocycles. The molecule has 0 aliphatic carbocycles. The topological polar surface area (TPSA) is 70.3 Å². The molecule has 5 nitrogen and oxygen atoms in total. The van der Waals surface area contributed by atoms with Gasteiger partial charge in [-0.25, -0.2) is 4.98 Å². The van der Waals surface area contributed by atoms with Crippen molar-refractivity contribution in [1.82, 2.24) is 15.6 Å². The number of hydrogen-bond acceptors (Lipinski definition) is 5. The molecule has 2 unspecified atom stereocenters. The van der Waals surface area contributed by atoms with E-state index in [1.54, 1.807) is 6.26 Å². The molecule has 0 bridgehead atoms. The van der Waals surface area contributed by atoms with Crippen LogP contribution in [0.1, 0.15) is 5.69 Å². The van der Waals surface area contributed by atoms with Crippen LogP contribution in [0.2, 0.25) is 0 Å². The fraction of sp³-hybridized carbons (Fsp3) is 0.400. The van der Waals surface area contributed by atoms with Crippen LogP contribution in [0.4, 0.5) is 0 Å². The van der Waals surface area contributed by atoms with Crippen LogP contribution in [0.25, 0.3) is 11.5 Å². The summed E-state index contributed by atoms with van der Waals surface area (Å²) in [6.07, 6.45) is 1.43. The lowest BCUT2D eigenvalue weighted by atomic mass is 10.1.